The maximum atomic E-state index is 12.2. The number of carbonyl (C=O) groups is 1. The zero-order chi connectivity index (χ0) is 16.9. The molecule has 5 nitrogen and oxygen atoms in total. The quantitative estimate of drug-likeness (QED) is 0.805. The topological polar surface area (TPSA) is 66.5 Å². The molecular weight excluding hydrogens is 312 g/mol. The van der Waals surface area contributed by atoms with Crippen molar-refractivity contribution >= 4 is 15.7 Å². The van der Waals surface area contributed by atoms with Crippen LogP contribution in [-0.4, -0.2) is 51.7 Å². The second-order valence-corrected chi connectivity index (χ2v) is 8.41. The first-order valence-corrected chi connectivity index (χ1v) is 10.1. The Morgan fingerprint density at radius 1 is 1.35 bits per heavy atom. The number of rotatable bonds is 6. The van der Waals surface area contributed by atoms with Gasteiger partial charge in [0.15, 0.2) is 9.84 Å². The third-order valence-electron chi connectivity index (χ3n) is 4.21. The molecule has 0 spiro atoms. The second kappa shape index (κ2) is 7.93. The first-order valence-electron chi connectivity index (χ1n) is 8.17. The van der Waals surface area contributed by atoms with Crippen LogP contribution < -0.4 is 5.32 Å². The van der Waals surface area contributed by atoms with Gasteiger partial charge in [-0.3, -0.25) is 4.79 Å². The van der Waals surface area contributed by atoms with Gasteiger partial charge in [-0.05, 0) is 50.4 Å². The molecule has 0 saturated carbocycles. The molecule has 0 radical (unpaired) electrons. The number of hydrogen-bond acceptors (Lipinski definition) is 4. The minimum Gasteiger partial charge on any atom is -0.352 e. The van der Waals surface area contributed by atoms with Crippen molar-refractivity contribution in [3.05, 3.63) is 29.8 Å². The van der Waals surface area contributed by atoms with Crippen molar-refractivity contribution in [3.63, 3.8) is 0 Å². The molecule has 1 saturated heterocycles. The van der Waals surface area contributed by atoms with Gasteiger partial charge in [-0.25, -0.2) is 8.42 Å². The van der Waals surface area contributed by atoms with Crippen LogP contribution in [-0.2, 0) is 9.84 Å². The predicted molar refractivity (Wildman–Crippen MR) is 91.3 cm³/mol. The van der Waals surface area contributed by atoms with Crippen LogP contribution in [0, 0.1) is 5.92 Å². The van der Waals surface area contributed by atoms with Crippen LogP contribution in [0.5, 0.6) is 0 Å². The number of amides is 1. The molecule has 23 heavy (non-hydrogen) atoms. The molecule has 0 aromatic heterocycles. The number of hydrogen-bond donors (Lipinski definition) is 1. The molecule has 1 aliphatic rings. The van der Waals surface area contributed by atoms with E-state index in [2.05, 4.69) is 17.1 Å². The SMILES string of the molecule is CC1CCCN(CCCNC(=O)c2ccccc2S(C)(=O)=O)C1. The number of carbonyl (C=O) groups excluding carboxylic acids is 1. The van der Waals surface area contributed by atoms with Gasteiger partial charge in [-0.15, -0.1) is 0 Å². The average Bonchev–Trinajstić information content (AvgIpc) is 2.50. The Bertz CT molecular complexity index is 643. The number of nitrogens with zero attached hydrogens (tertiary/aromatic N) is 1. The van der Waals surface area contributed by atoms with E-state index < -0.39 is 9.84 Å². The van der Waals surface area contributed by atoms with E-state index in [0.29, 0.717) is 6.54 Å². The molecule has 1 amide bonds. The van der Waals surface area contributed by atoms with Gasteiger partial charge < -0.3 is 10.2 Å². The van der Waals surface area contributed by atoms with Crippen LogP contribution in [0.2, 0.25) is 0 Å². The van der Waals surface area contributed by atoms with Crippen LogP contribution in [0.3, 0.4) is 0 Å². The summed E-state index contributed by atoms with van der Waals surface area (Å²) in [5.74, 6) is 0.429. The summed E-state index contributed by atoms with van der Waals surface area (Å²) >= 11 is 0. The van der Waals surface area contributed by atoms with Crippen LogP contribution in [0.1, 0.15) is 36.5 Å². The van der Waals surface area contributed by atoms with Crippen LogP contribution >= 0.6 is 0 Å². The highest BCUT2D eigenvalue weighted by atomic mass is 32.2. The first kappa shape index (κ1) is 17.9. The van der Waals surface area contributed by atoms with Gasteiger partial charge in [-0.1, -0.05) is 19.1 Å². The number of sulfone groups is 1. The number of nitrogens with one attached hydrogen (secondary N) is 1. The fraction of sp³-hybridized carbons (Fsp3) is 0.588. The third-order valence-corrected chi connectivity index (χ3v) is 5.36. The summed E-state index contributed by atoms with van der Waals surface area (Å²) in [6, 6.07) is 6.33. The molecule has 128 valence electrons. The van der Waals surface area contributed by atoms with Crippen molar-refractivity contribution in [3.8, 4) is 0 Å². The summed E-state index contributed by atoms with van der Waals surface area (Å²) < 4.78 is 23.5. The summed E-state index contributed by atoms with van der Waals surface area (Å²) in [7, 11) is -3.40. The fourth-order valence-corrected chi connectivity index (χ4v) is 3.95. The standard InChI is InChI=1S/C17H26N2O3S/c1-14-7-5-11-19(13-14)12-6-10-18-17(20)15-8-3-4-9-16(15)23(2,21)22/h3-4,8-9,14H,5-7,10-13H2,1-2H3,(H,18,20). The van der Waals surface area contributed by atoms with E-state index in [4.69, 9.17) is 0 Å². The molecule has 1 aliphatic heterocycles. The minimum atomic E-state index is -3.40. The number of benzene rings is 1. The summed E-state index contributed by atoms with van der Waals surface area (Å²) in [6.45, 7) is 6.07. The normalized spacial score (nSPS) is 19.5. The Hall–Kier alpha value is -1.40. The zero-order valence-electron chi connectivity index (χ0n) is 13.9. The summed E-state index contributed by atoms with van der Waals surface area (Å²) in [5.41, 5.74) is 0.224. The van der Waals surface area contributed by atoms with E-state index >= 15 is 0 Å². The lowest BCUT2D eigenvalue weighted by atomic mass is 10.0. The van der Waals surface area contributed by atoms with Gasteiger partial charge >= 0.3 is 0 Å². The molecule has 0 aliphatic carbocycles. The van der Waals surface area contributed by atoms with Gasteiger partial charge in [0.2, 0.25) is 0 Å². The molecule has 2 rings (SSSR count). The first-order chi connectivity index (χ1) is 10.9. The van der Waals surface area contributed by atoms with Crippen molar-refractivity contribution in [1.82, 2.24) is 10.2 Å². The van der Waals surface area contributed by atoms with Crippen molar-refractivity contribution < 1.29 is 13.2 Å². The summed E-state index contributed by atoms with van der Waals surface area (Å²) in [5, 5.41) is 2.83. The predicted octanol–water partition coefficient (Wildman–Crippen LogP) is 1.94. The van der Waals surface area contributed by atoms with E-state index in [9.17, 15) is 13.2 Å². The maximum Gasteiger partial charge on any atom is 0.252 e. The van der Waals surface area contributed by atoms with Crippen LogP contribution in [0.25, 0.3) is 0 Å². The lowest BCUT2D eigenvalue weighted by Crippen LogP contribution is -2.36. The second-order valence-electron chi connectivity index (χ2n) is 6.43. The molecular formula is C17H26N2O3S. The molecule has 1 N–H and O–H groups in total. The molecule has 1 fully saturated rings. The summed E-state index contributed by atoms with van der Waals surface area (Å²) in [4.78, 5) is 14.7. The average molecular weight is 338 g/mol. The van der Waals surface area contributed by atoms with Crippen molar-refractivity contribution in [2.24, 2.45) is 5.92 Å². The Balaban J connectivity index is 1.84. The Labute approximate surface area is 139 Å². The number of piperidine rings is 1. The Morgan fingerprint density at radius 2 is 2.09 bits per heavy atom. The molecule has 6 heteroatoms. The molecule has 1 heterocycles. The monoisotopic (exact) mass is 338 g/mol. The van der Waals surface area contributed by atoms with Gasteiger partial charge in [0.1, 0.15) is 0 Å². The molecule has 1 aromatic rings. The molecule has 1 atom stereocenters. The third kappa shape index (κ3) is 5.32. The van der Waals surface area contributed by atoms with Crippen molar-refractivity contribution in [1.29, 1.82) is 0 Å². The van der Waals surface area contributed by atoms with E-state index in [1.54, 1.807) is 18.2 Å². The van der Waals surface area contributed by atoms with E-state index in [-0.39, 0.29) is 16.4 Å². The Kier molecular flexibility index (Phi) is 6.18. The van der Waals surface area contributed by atoms with Crippen molar-refractivity contribution in [2.75, 3.05) is 32.4 Å². The highest BCUT2D eigenvalue weighted by Gasteiger charge is 2.18. The Morgan fingerprint density at radius 3 is 2.78 bits per heavy atom. The van der Waals surface area contributed by atoms with Gasteiger partial charge in [-0.2, -0.15) is 0 Å². The van der Waals surface area contributed by atoms with Crippen LogP contribution in [0.15, 0.2) is 29.2 Å². The molecule has 1 unspecified atom stereocenters. The smallest absolute Gasteiger partial charge is 0.252 e. The highest BCUT2D eigenvalue weighted by Crippen LogP contribution is 2.16. The van der Waals surface area contributed by atoms with Gasteiger partial charge in [0.25, 0.3) is 5.91 Å². The number of likely N-dealkylation sites (tertiary alicyclic amines) is 1. The van der Waals surface area contributed by atoms with Gasteiger partial charge in [0.05, 0.1) is 10.5 Å². The van der Waals surface area contributed by atoms with E-state index in [0.717, 1.165) is 38.2 Å². The minimum absolute atomic E-state index is 0.0855. The molecule has 0 bridgehead atoms. The van der Waals surface area contributed by atoms with E-state index in [1.807, 2.05) is 0 Å². The lowest BCUT2D eigenvalue weighted by Gasteiger charge is -2.30. The summed E-state index contributed by atoms with van der Waals surface area (Å²) in [6.07, 6.45) is 4.54. The maximum absolute atomic E-state index is 12.2. The van der Waals surface area contributed by atoms with Gasteiger partial charge in [0, 0.05) is 19.3 Å². The largest absolute Gasteiger partial charge is 0.352 e. The lowest BCUT2D eigenvalue weighted by molar-refractivity contribution is 0.0947. The molecule has 1 aromatic carbocycles. The fourth-order valence-electron chi connectivity index (χ4n) is 3.07. The van der Waals surface area contributed by atoms with Crippen molar-refractivity contribution in [2.45, 2.75) is 31.1 Å². The zero-order valence-corrected chi connectivity index (χ0v) is 14.7. The van der Waals surface area contributed by atoms with Crippen LogP contribution in [0.4, 0.5) is 0 Å². The highest BCUT2D eigenvalue weighted by molar-refractivity contribution is 7.90. The van der Waals surface area contributed by atoms with E-state index in [1.165, 1.54) is 18.9 Å².